The van der Waals surface area contributed by atoms with Gasteiger partial charge in [0.2, 0.25) is 0 Å². The molecule has 2 N–H and O–H groups in total. The lowest BCUT2D eigenvalue weighted by molar-refractivity contribution is -0.169. The van der Waals surface area contributed by atoms with Crippen LogP contribution >= 0.6 is 11.8 Å². The Balaban J connectivity index is 1.19. The van der Waals surface area contributed by atoms with E-state index in [0.29, 0.717) is 24.0 Å². The van der Waals surface area contributed by atoms with Crippen molar-refractivity contribution in [2.24, 2.45) is 22.7 Å². The monoisotopic (exact) mass is 519 g/mol. The van der Waals surface area contributed by atoms with Gasteiger partial charge >= 0.3 is 5.97 Å². The summed E-state index contributed by atoms with van der Waals surface area (Å²) in [5.74, 6) is 3.93. The van der Waals surface area contributed by atoms with Gasteiger partial charge in [-0.25, -0.2) is 9.78 Å². The van der Waals surface area contributed by atoms with Crippen LogP contribution in [0.15, 0.2) is 29.3 Å². The Morgan fingerprint density at radius 2 is 1.81 bits per heavy atom. The highest BCUT2D eigenvalue weighted by molar-refractivity contribution is 8.00. The summed E-state index contributed by atoms with van der Waals surface area (Å²) in [6.07, 6.45) is 14.2. The van der Waals surface area contributed by atoms with Gasteiger partial charge in [0.25, 0.3) is 0 Å². The maximum Gasteiger partial charge on any atom is 0.335 e. The zero-order chi connectivity index (χ0) is 25.0. The molecule has 0 spiro atoms. The number of hydrogen-bond donors (Lipinski definition) is 2. The molecular formula is C30H37N3O3S. The van der Waals surface area contributed by atoms with Gasteiger partial charge in [0.1, 0.15) is 5.82 Å². The number of ether oxygens (including phenoxy) is 1. The van der Waals surface area contributed by atoms with E-state index in [1.807, 2.05) is 12.1 Å². The molecule has 5 saturated carbocycles. The van der Waals surface area contributed by atoms with Gasteiger partial charge in [0.15, 0.2) is 0 Å². The van der Waals surface area contributed by atoms with Gasteiger partial charge in [-0.05, 0) is 86.8 Å². The number of thioether (sulfide) groups is 1. The SMILES string of the molecule is O=C(O)c1cccc(C2=NCSC2c2nc(C3CCCCC3)[nH]c2COC23CC4CC(CC(C4)C2)C3)c1. The fourth-order valence-corrected chi connectivity index (χ4v) is 9.46. The van der Waals surface area contributed by atoms with E-state index in [-0.39, 0.29) is 10.9 Å². The summed E-state index contributed by atoms with van der Waals surface area (Å²) in [5.41, 5.74) is 4.32. The Morgan fingerprint density at radius 3 is 2.51 bits per heavy atom. The minimum atomic E-state index is -0.909. The summed E-state index contributed by atoms with van der Waals surface area (Å²) < 4.78 is 6.92. The van der Waals surface area contributed by atoms with Crippen LogP contribution < -0.4 is 0 Å². The first-order chi connectivity index (χ1) is 18.1. The molecule has 1 unspecified atom stereocenters. The first kappa shape index (κ1) is 24.0. The number of nitrogens with zero attached hydrogens (tertiary/aromatic N) is 2. The standard InChI is InChI=1S/C30H37N3O3S/c34-29(35)23-8-4-7-22(12-23)25-27(37-17-31-25)26-24(32-28(33-26)21-5-2-1-3-6-21)16-36-30-13-18-9-19(14-30)11-20(10-18)15-30/h4,7-8,12,18-21,27H,1-3,5-6,9-11,13-17H2,(H,32,33)(H,34,35). The van der Waals surface area contributed by atoms with E-state index in [2.05, 4.69) is 4.98 Å². The van der Waals surface area contributed by atoms with Gasteiger partial charge in [0, 0.05) is 5.92 Å². The van der Waals surface area contributed by atoms with Crippen LogP contribution in [0.25, 0.3) is 0 Å². The molecule has 196 valence electrons. The highest BCUT2D eigenvalue weighted by Crippen LogP contribution is 2.57. The smallest absolute Gasteiger partial charge is 0.335 e. The molecule has 0 saturated heterocycles. The molecule has 7 heteroatoms. The molecule has 1 atom stereocenters. The second kappa shape index (κ2) is 9.57. The average Bonchev–Trinajstić information content (AvgIpc) is 3.55. The predicted octanol–water partition coefficient (Wildman–Crippen LogP) is 6.88. The molecule has 5 aliphatic carbocycles. The maximum absolute atomic E-state index is 11.6. The number of aromatic carboxylic acids is 1. The quantitative estimate of drug-likeness (QED) is 0.416. The van der Waals surface area contributed by atoms with Crippen molar-refractivity contribution in [1.82, 2.24) is 9.97 Å². The molecular weight excluding hydrogens is 482 g/mol. The van der Waals surface area contributed by atoms with Crippen LogP contribution in [0.2, 0.25) is 0 Å². The minimum absolute atomic E-state index is 0.00685. The Hall–Kier alpha value is -2.12. The number of imidazole rings is 1. The fraction of sp³-hybridized carbons (Fsp3) is 0.633. The van der Waals surface area contributed by atoms with Crippen LogP contribution in [0.4, 0.5) is 0 Å². The average molecular weight is 520 g/mol. The van der Waals surface area contributed by atoms with Gasteiger partial charge in [-0.1, -0.05) is 31.4 Å². The van der Waals surface area contributed by atoms with Crippen LogP contribution in [0.1, 0.15) is 115 Å². The summed E-state index contributed by atoms with van der Waals surface area (Å²) in [6, 6.07) is 7.19. The van der Waals surface area contributed by atoms with E-state index >= 15 is 0 Å². The van der Waals surface area contributed by atoms with E-state index < -0.39 is 5.97 Å². The Bertz CT molecular complexity index is 1180. The number of benzene rings is 1. The third-order valence-electron chi connectivity index (χ3n) is 9.70. The summed E-state index contributed by atoms with van der Waals surface area (Å²) >= 11 is 1.78. The second-order valence-corrected chi connectivity index (χ2v) is 13.4. The van der Waals surface area contributed by atoms with Crippen LogP contribution in [0.5, 0.6) is 0 Å². The number of aliphatic imine (C=N–C) groups is 1. The third-order valence-corrected chi connectivity index (χ3v) is 10.8. The third kappa shape index (κ3) is 4.56. The number of aromatic nitrogens is 2. The minimum Gasteiger partial charge on any atom is -0.478 e. The van der Waals surface area contributed by atoms with Gasteiger partial charge in [-0.2, -0.15) is 0 Å². The van der Waals surface area contributed by atoms with Crippen molar-refractivity contribution >= 4 is 23.4 Å². The lowest BCUT2D eigenvalue weighted by Crippen LogP contribution is -2.51. The van der Waals surface area contributed by atoms with E-state index in [0.717, 1.165) is 46.2 Å². The van der Waals surface area contributed by atoms with Crippen LogP contribution in [0.3, 0.4) is 0 Å². The summed E-state index contributed by atoms with van der Waals surface area (Å²) in [6.45, 7) is 0.584. The van der Waals surface area contributed by atoms with E-state index in [1.54, 1.807) is 23.9 Å². The number of hydrogen-bond acceptors (Lipinski definition) is 5. The lowest BCUT2D eigenvalue weighted by Gasteiger charge is -2.56. The molecule has 8 rings (SSSR count). The zero-order valence-corrected chi connectivity index (χ0v) is 22.3. The Morgan fingerprint density at radius 1 is 1.08 bits per heavy atom. The number of carbonyl (C=O) groups is 1. The number of H-pyrrole nitrogens is 1. The first-order valence-corrected chi connectivity index (χ1v) is 15.3. The second-order valence-electron chi connectivity index (χ2n) is 12.3. The Labute approximate surface area is 223 Å². The summed E-state index contributed by atoms with van der Waals surface area (Å²) in [5, 5.41) is 9.53. The number of rotatable bonds is 7. The van der Waals surface area contributed by atoms with Crippen molar-refractivity contribution in [3.63, 3.8) is 0 Å². The van der Waals surface area contributed by atoms with Crippen molar-refractivity contribution in [1.29, 1.82) is 0 Å². The van der Waals surface area contributed by atoms with Crippen LogP contribution in [-0.2, 0) is 11.3 Å². The molecule has 37 heavy (non-hydrogen) atoms. The summed E-state index contributed by atoms with van der Waals surface area (Å²) in [4.78, 5) is 25.5. The molecule has 2 aromatic rings. The largest absolute Gasteiger partial charge is 0.478 e. The normalized spacial score (nSPS) is 33.1. The van der Waals surface area contributed by atoms with E-state index in [9.17, 15) is 9.90 Å². The molecule has 1 aromatic heterocycles. The van der Waals surface area contributed by atoms with Crippen molar-refractivity contribution in [3.8, 4) is 0 Å². The van der Waals surface area contributed by atoms with E-state index in [1.165, 1.54) is 70.6 Å². The molecule has 1 aromatic carbocycles. The highest BCUT2D eigenvalue weighted by atomic mass is 32.2. The van der Waals surface area contributed by atoms with Crippen molar-refractivity contribution in [2.45, 2.75) is 94.0 Å². The topological polar surface area (TPSA) is 87.6 Å². The van der Waals surface area contributed by atoms with Gasteiger partial charge in [0.05, 0.1) is 46.0 Å². The molecule has 5 fully saturated rings. The van der Waals surface area contributed by atoms with Crippen molar-refractivity contribution in [3.05, 3.63) is 52.6 Å². The zero-order valence-electron chi connectivity index (χ0n) is 21.5. The molecule has 0 amide bonds. The molecule has 1 aliphatic heterocycles. The summed E-state index contributed by atoms with van der Waals surface area (Å²) in [7, 11) is 0. The number of carboxylic acids is 1. The highest BCUT2D eigenvalue weighted by Gasteiger charge is 2.51. The van der Waals surface area contributed by atoms with Gasteiger partial charge in [-0.15, -0.1) is 11.8 Å². The molecule has 6 aliphatic rings. The predicted molar refractivity (Wildman–Crippen MR) is 145 cm³/mol. The Kier molecular flexibility index (Phi) is 6.19. The number of carboxylic acid groups (broad SMARTS) is 1. The van der Waals surface area contributed by atoms with Crippen LogP contribution in [-0.4, -0.2) is 38.2 Å². The molecule has 4 bridgehead atoms. The molecule has 2 heterocycles. The fourth-order valence-electron chi connectivity index (χ4n) is 8.38. The molecule has 0 radical (unpaired) electrons. The molecule has 6 nitrogen and oxygen atoms in total. The maximum atomic E-state index is 11.6. The van der Waals surface area contributed by atoms with Crippen LogP contribution in [0, 0.1) is 17.8 Å². The van der Waals surface area contributed by atoms with Gasteiger partial charge in [-0.3, -0.25) is 4.99 Å². The number of aromatic amines is 1. The van der Waals surface area contributed by atoms with Gasteiger partial charge < -0.3 is 14.8 Å². The number of nitrogens with one attached hydrogen (secondary N) is 1. The van der Waals surface area contributed by atoms with E-state index in [4.69, 9.17) is 14.7 Å². The van der Waals surface area contributed by atoms with Crippen molar-refractivity contribution in [2.75, 3.05) is 5.88 Å². The lowest BCUT2D eigenvalue weighted by atomic mass is 9.54. The van der Waals surface area contributed by atoms with Crippen molar-refractivity contribution < 1.29 is 14.6 Å². The first-order valence-electron chi connectivity index (χ1n) is 14.3.